The summed E-state index contributed by atoms with van der Waals surface area (Å²) in [4.78, 5) is 7.18. The number of likely N-dealkylation sites (tertiary alicyclic amines) is 1. The van der Waals surface area contributed by atoms with Crippen LogP contribution in [-0.2, 0) is 19.0 Å². The van der Waals surface area contributed by atoms with E-state index in [-0.39, 0.29) is 0 Å². The lowest BCUT2D eigenvalue weighted by Gasteiger charge is -2.37. The van der Waals surface area contributed by atoms with E-state index in [9.17, 15) is 5.26 Å². The lowest BCUT2D eigenvalue weighted by atomic mass is 9.74. The number of methoxy groups -OCH3 is 1. The highest BCUT2D eigenvalue weighted by Crippen LogP contribution is 2.36. The van der Waals surface area contributed by atoms with Gasteiger partial charge in [-0.1, -0.05) is 24.3 Å². The number of nitrogens with zero attached hydrogens (tertiary/aromatic N) is 4. The third-order valence-corrected chi connectivity index (χ3v) is 5.79. The van der Waals surface area contributed by atoms with Crippen molar-refractivity contribution in [2.45, 2.75) is 24.8 Å². The largest absolute Gasteiger partial charge is 0.497 e. The number of imidazole rings is 1. The van der Waals surface area contributed by atoms with Gasteiger partial charge in [0, 0.05) is 20.1 Å². The van der Waals surface area contributed by atoms with Crippen LogP contribution in [-0.4, -0.2) is 34.7 Å². The smallest absolute Gasteiger partial charge is 0.123 e. The van der Waals surface area contributed by atoms with Crippen LogP contribution >= 0.6 is 0 Å². The Morgan fingerprint density at radius 3 is 2.63 bits per heavy atom. The second-order valence-electron chi connectivity index (χ2n) is 7.28. The lowest BCUT2D eigenvalue weighted by molar-refractivity contribution is 0.174. The summed E-state index contributed by atoms with van der Waals surface area (Å²) in [6.45, 7) is 2.58. The number of ether oxygens (including phenoxy) is 1. The van der Waals surface area contributed by atoms with Crippen molar-refractivity contribution >= 4 is 11.0 Å². The topological polar surface area (TPSA) is 54.1 Å². The van der Waals surface area contributed by atoms with E-state index in [0.29, 0.717) is 0 Å². The number of nitriles is 1. The van der Waals surface area contributed by atoms with E-state index in [1.807, 2.05) is 36.4 Å². The molecule has 5 heteroatoms. The summed E-state index contributed by atoms with van der Waals surface area (Å²) in [5, 5.41) is 9.95. The van der Waals surface area contributed by atoms with Crippen LogP contribution in [0.15, 0.2) is 48.5 Å². The first-order chi connectivity index (χ1) is 13.1. The summed E-state index contributed by atoms with van der Waals surface area (Å²) < 4.78 is 7.52. The van der Waals surface area contributed by atoms with Crippen molar-refractivity contribution in [3.8, 4) is 11.8 Å². The molecule has 0 amide bonds. The first kappa shape index (κ1) is 17.6. The fourth-order valence-electron chi connectivity index (χ4n) is 4.02. The number of hydrogen-bond acceptors (Lipinski definition) is 4. The maximum Gasteiger partial charge on any atom is 0.123 e. The van der Waals surface area contributed by atoms with Crippen molar-refractivity contribution in [3.63, 3.8) is 0 Å². The van der Waals surface area contributed by atoms with Crippen LogP contribution in [0.4, 0.5) is 0 Å². The number of piperidine rings is 1. The second kappa shape index (κ2) is 7.05. The second-order valence-corrected chi connectivity index (χ2v) is 7.28. The molecule has 5 nitrogen and oxygen atoms in total. The molecule has 1 saturated heterocycles. The van der Waals surface area contributed by atoms with Gasteiger partial charge in [0.25, 0.3) is 0 Å². The quantitative estimate of drug-likeness (QED) is 0.713. The Kier molecular flexibility index (Phi) is 4.59. The number of para-hydroxylation sites is 2. The standard InChI is InChI=1S/C22H24N4O/c1-25-20-9-4-3-8-19(20)24-21(25)15-26-12-10-22(16-23,11-13-26)17-6-5-7-18(14-17)27-2/h3-9,14H,10-13,15H2,1-2H3. The van der Waals surface area contributed by atoms with Crippen LogP contribution in [0.25, 0.3) is 11.0 Å². The molecule has 0 saturated carbocycles. The molecule has 1 aromatic heterocycles. The molecule has 1 fully saturated rings. The van der Waals surface area contributed by atoms with Crippen molar-refractivity contribution in [3.05, 3.63) is 59.9 Å². The van der Waals surface area contributed by atoms with E-state index >= 15 is 0 Å². The van der Waals surface area contributed by atoms with Crippen molar-refractivity contribution in [2.24, 2.45) is 7.05 Å². The van der Waals surface area contributed by atoms with Crippen LogP contribution in [0.2, 0.25) is 0 Å². The molecule has 2 aromatic carbocycles. The van der Waals surface area contributed by atoms with Crippen LogP contribution in [0.3, 0.4) is 0 Å². The highest BCUT2D eigenvalue weighted by molar-refractivity contribution is 5.75. The minimum Gasteiger partial charge on any atom is -0.497 e. The number of rotatable bonds is 4. The average Bonchev–Trinajstić information content (AvgIpc) is 3.04. The molecule has 138 valence electrons. The van der Waals surface area contributed by atoms with Crippen LogP contribution < -0.4 is 4.74 Å². The summed E-state index contributed by atoms with van der Waals surface area (Å²) >= 11 is 0. The number of fused-ring (bicyclic) bond motifs is 1. The van der Waals surface area contributed by atoms with Gasteiger partial charge in [-0.05, 0) is 42.7 Å². The predicted molar refractivity (Wildman–Crippen MR) is 106 cm³/mol. The zero-order valence-corrected chi connectivity index (χ0v) is 15.9. The molecule has 0 aliphatic carbocycles. The molecule has 0 N–H and O–H groups in total. The summed E-state index contributed by atoms with van der Waals surface area (Å²) in [7, 11) is 3.74. The van der Waals surface area contributed by atoms with E-state index in [1.165, 1.54) is 0 Å². The highest BCUT2D eigenvalue weighted by Gasteiger charge is 2.37. The van der Waals surface area contributed by atoms with Gasteiger partial charge >= 0.3 is 0 Å². The Morgan fingerprint density at radius 2 is 1.93 bits per heavy atom. The highest BCUT2D eigenvalue weighted by atomic mass is 16.5. The Labute approximate surface area is 159 Å². The monoisotopic (exact) mass is 360 g/mol. The number of benzene rings is 2. The fourth-order valence-corrected chi connectivity index (χ4v) is 4.02. The Morgan fingerprint density at radius 1 is 1.15 bits per heavy atom. The van der Waals surface area contributed by atoms with E-state index < -0.39 is 5.41 Å². The van der Waals surface area contributed by atoms with E-state index in [4.69, 9.17) is 9.72 Å². The Balaban J connectivity index is 1.50. The summed E-state index contributed by atoms with van der Waals surface area (Å²) in [5.41, 5.74) is 2.82. The molecule has 0 unspecified atom stereocenters. The van der Waals surface area contributed by atoms with Gasteiger partial charge in [0.15, 0.2) is 0 Å². The van der Waals surface area contributed by atoms with Crippen LogP contribution in [0, 0.1) is 11.3 Å². The molecule has 1 aliphatic rings. The zero-order valence-electron chi connectivity index (χ0n) is 15.9. The molecule has 0 spiro atoms. The maximum absolute atomic E-state index is 9.95. The molecule has 0 atom stereocenters. The van der Waals surface area contributed by atoms with Crippen molar-refractivity contribution < 1.29 is 4.74 Å². The van der Waals surface area contributed by atoms with Gasteiger partial charge < -0.3 is 9.30 Å². The molecule has 3 aromatic rings. The maximum atomic E-state index is 9.95. The Bertz CT molecular complexity index is 993. The van der Waals surface area contributed by atoms with Crippen molar-refractivity contribution in [1.29, 1.82) is 5.26 Å². The number of hydrogen-bond donors (Lipinski definition) is 0. The summed E-state index contributed by atoms with van der Waals surface area (Å²) in [5.74, 6) is 1.88. The number of aryl methyl sites for hydroxylation is 1. The van der Waals surface area contributed by atoms with E-state index in [1.54, 1.807) is 7.11 Å². The van der Waals surface area contributed by atoms with Gasteiger partial charge in [-0.15, -0.1) is 0 Å². The molecule has 0 radical (unpaired) electrons. The van der Waals surface area contributed by atoms with Gasteiger partial charge in [-0.3, -0.25) is 4.90 Å². The molecule has 27 heavy (non-hydrogen) atoms. The Hall–Kier alpha value is -2.84. The zero-order chi connectivity index (χ0) is 18.9. The van der Waals surface area contributed by atoms with Crippen LogP contribution in [0.1, 0.15) is 24.2 Å². The van der Waals surface area contributed by atoms with Gasteiger partial charge in [0.1, 0.15) is 11.6 Å². The minimum atomic E-state index is -0.433. The van der Waals surface area contributed by atoms with Crippen molar-refractivity contribution in [1.82, 2.24) is 14.5 Å². The normalized spacial score (nSPS) is 16.9. The molecule has 2 heterocycles. The molecular weight excluding hydrogens is 336 g/mol. The first-order valence-electron chi connectivity index (χ1n) is 9.34. The van der Waals surface area contributed by atoms with Gasteiger partial charge in [-0.25, -0.2) is 4.98 Å². The minimum absolute atomic E-state index is 0.433. The molecule has 4 rings (SSSR count). The van der Waals surface area contributed by atoms with E-state index in [2.05, 4.69) is 34.7 Å². The SMILES string of the molecule is COc1cccc(C2(C#N)CCN(Cc3nc4ccccc4n3C)CC2)c1. The molecule has 0 bridgehead atoms. The third kappa shape index (κ3) is 3.17. The van der Waals surface area contributed by atoms with Gasteiger partial charge in [0.05, 0.1) is 36.2 Å². The first-order valence-corrected chi connectivity index (χ1v) is 9.34. The number of aromatic nitrogens is 2. The van der Waals surface area contributed by atoms with Gasteiger partial charge in [-0.2, -0.15) is 5.26 Å². The van der Waals surface area contributed by atoms with Crippen LogP contribution in [0.5, 0.6) is 5.75 Å². The third-order valence-electron chi connectivity index (χ3n) is 5.79. The predicted octanol–water partition coefficient (Wildman–Crippen LogP) is 3.64. The molecule has 1 aliphatic heterocycles. The summed E-state index contributed by atoms with van der Waals surface area (Å²) in [6, 6.07) is 18.8. The molecular formula is C22H24N4O. The lowest BCUT2D eigenvalue weighted by Crippen LogP contribution is -2.41. The average molecular weight is 360 g/mol. The fraction of sp³-hybridized carbons (Fsp3) is 0.364. The van der Waals surface area contributed by atoms with Gasteiger partial charge in [0.2, 0.25) is 0 Å². The summed E-state index contributed by atoms with van der Waals surface area (Å²) in [6.07, 6.45) is 1.64. The van der Waals surface area contributed by atoms with Crippen molar-refractivity contribution in [2.75, 3.05) is 20.2 Å². The van der Waals surface area contributed by atoms with E-state index in [0.717, 1.165) is 60.6 Å².